The van der Waals surface area contributed by atoms with Gasteiger partial charge in [0.15, 0.2) is 0 Å². The van der Waals surface area contributed by atoms with Gasteiger partial charge in [-0.05, 0) is 30.5 Å². The molecule has 0 radical (unpaired) electrons. The molecule has 0 bridgehead atoms. The molecule has 0 atom stereocenters. The van der Waals surface area contributed by atoms with Crippen LogP contribution in [0.4, 0.5) is 0 Å². The summed E-state index contributed by atoms with van der Waals surface area (Å²) in [6.45, 7) is 2.88. The number of hydrogen-bond acceptors (Lipinski definition) is 4. The number of benzene rings is 1. The lowest BCUT2D eigenvalue weighted by molar-refractivity contribution is 0.309. The van der Waals surface area contributed by atoms with Crippen molar-refractivity contribution < 1.29 is 0 Å². The van der Waals surface area contributed by atoms with Crippen LogP contribution in [0, 0.1) is 5.92 Å². The van der Waals surface area contributed by atoms with Crippen molar-refractivity contribution in [2.24, 2.45) is 5.92 Å². The summed E-state index contributed by atoms with van der Waals surface area (Å²) in [5, 5.41) is 9.46. The number of nitrogens with one attached hydrogen (secondary N) is 1. The van der Waals surface area contributed by atoms with Crippen LogP contribution in [0.15, 0.2) is 30.6 Å². The molecule has 0 aliphatic heterocycles. The van der Waals surface area contributed by atoms with E-state index in [4.69, 9.17) is 4.98 Å². The summed E-state index contributed by atoms with van der Waals surface area (Å²) in [6, 6.07) is 6.25. The molecule has 0 spiro atoms. The van der Waals surface area contributed by atoms with E-state index < -0.39 is 0 Å². The highest BCUT2D eigenvalue weighted by atomic mass is 15.4. The molecule has 1 aromatic carbocycles. The Balaban J connectivity index is 1.55. The molecule has 6 heteroatoms. The maximum atomic E-state index is 4.73. The number of fused-ring (bicyclic) bond motifs is 2. The Morgan fingerprint density at radius 1 is 1.28 bits per heavy atom. The van der Waals surface area contributed by atoms with E-state index in [1.165, 1.54) is 19.3 Å². The Morgan fingerprint density at radius 2 is 2.20 bits per heavy atom. The highest BCUT2D eigenvalue weighted by molar-refractivity contribution is 5.95. The summed E-state index contributed by atoms with van der Waals surface area (Å²) >= 11 is 0. The zero-order valence-corrected chi connectivity index (χ0v) is 14.2. The van der Waals surface area contributed by atoms with Crippen LogP contribution < -0.4 is 0 Å². The molecule has 1 aliphatic carbocycles. The number of aryl methyl sites for hydroxylation is 1. The number of nitrogens with zero attached hydrogens (tertiary/aromatic N) is 5. The predicted molar refractivity (Wildman–Crippen MR) is 97.1 cm³/mol. The Kier molecular flexibility index (Phi) is 3.29. The van der Waals surface area contributed by atoms with Crippen LogP contribution >= 0.6 is 0 Å². The highest BCUT2D eigenvalue weighted by Gasteiger charge is 2.19. The van der Waals surface area contributed by atoms with Crippen LogP contribution in [0.3, 0.4) is 0 Å². The first-order valence-corrected chi connectivity index (χ1v) is 8.98. The van der Waals surface area contributed by atoms with Gasteiger partial charge in [0, 0.05) is 36.3 Å². The maximum Gasteiger partial charge on any atom is 0.141 e. The van der Waals surface area contributed by atoms with Gasteiger partial charge in [-0.25, -0.2) is 14.6 Å². The van der Waals surface area contributed by atoms with Crippen LogP contribution in [0.1, 0.15) is 32.0 Å². The second-order valence-electron chi connectivity index (χ2n) is 6.86. The SMILES string of the molecule is CCn1nnc2ccc(-c3c[nH]c4nc(CC5CCC5)ncc34)cc21. The topological polar surface area (TPSA) is 72.3 Å². The molecule has 0 saturated heterocycles. The Labute approximate surface area is 145 Å². The lowest BCUT2D eigenvalue weighted by Gasteiger charge is -2.24. The molecule has 3 aromatic heterocycles. The average molecular weight is 332 g/mol. The van der Waals surface area contributed by atoms with Gasteiger partial charge in [-0.1, -0.05) is 30.5 Å². The third-order valence-electron chi connectivity index (χ3n) is 5.30. The fourth-order valence-electron chi connectivity index (χ4n) is 3.60. The molecule has 5 rings (SSSR count). The standard InChI is InChI=1S/C19H20N6/c1-2-25-17-9-13(6-7-16(17)23-24-25)14-10-21-19-15(14)11-20-18(22-19)8-12-4-3-5-12/h6-7,9-12H,2-5,8H2,1H3,(H,20,21,22). The van der Waals surface area contributed by atoms with E-state index in [1.807, 2.05) is 23.1 Å². The number of rotatable bonds is 4. The van der Waals surface area contributed by atoms with E-state index in [0.29, 0.717) is 0 Å². The molecule has 1 fully saturated rings. The molecule has 1 aliphatic rings. The molecular formula is C19H20N6. The van der Waals surface area contributed by atoms with E-state index in [9.17, 15) is 0 Å². The number of hydrogen-bond donors (Lipinski definition) is 1. The van der Waals surface area contributed by atoms with Crippen LogP contribution in [0.2, 0.25) is 0 Å². The van der Waals surface area contributed by atoms with E-state index >= 15 is 0 Å². The van der Waals surface area contributed by atoms with Gasteiger partial charge in [0.2, 0.25) is 0 Å². The summed E-state index contributed by atoms with van der Waals surface area (Å²) in [6.07, 6.45) is 8.96. The number of aromatic amines is 1. The zero-order valence-electron chi connectivity index (χ0n) is 14.2. The minimum absolute atomic E-state index is 0.774. The lowest BCUT2D eigenvalue weighted by Crippen LogP contribution is -2.15. The smallest absolute Gasteiger partial charge is 0.141 e. The molecule has 126 valence electrons. The van der Waals surface area contributed by atoms with Crippen LogP contribution in [0.25, 0.3) is 33.2 Å². The largest absolute Gasteiger partial charge is 0.345 e. The summed E-state index contributed by atoms with van der Waals surface area (Å²) in [7, 11) is 0. The Hall–Kier alpha value is -2.76. The van der Waals surface area contributed by atoms with Crippen molar-refractivity contribution in [3.05, 3.63) is 36.4 Å². The van der Waals surface area contributed by atoms with E-state index in [2.05, 4.69) is 39.3 Å². The van der Waals surface area contributed by atoms with Crippen molar-refractivity contribution in [3.8, 4) is 11.1 Å². The zero-order chi connectivity index (χ0) is 16.8. The van der Waals surface area contributed by atoms with Crippen molar-refractivity contribution in [2.75, 3.05) is 0 Å². The first-order chi connectivity index (χ1) is 12.3. The van der Waals surface area contributed by atoms with Crippen molar-refractivity contribution in [2.45, 2.75) is 39.2 Å². The first-order valence-electron chi connectivity index (χ1n) is 8.98. The van der Waals surface area contributed by atoms with Gasteiger partial charge >= 0.3 is 0 Å². The summed E-state index contributed by atoms with van der Waals surface area (Å²) in [5.74, 6) is 1.73. The molecule has 25 heavy (non-hydrogen) atoms. The molecule has 4 aromatic rings. The quantitative estimate of drug-likeness (QED) is 0.618. The lowest BCUT2D eigenvalue weighted by atomic mass is 9.83. The van der Waals surface area contributed by atoms with Gasteiger partial charge in [0.05, 0.1) is 5.52 Å². The Morgan fingerprint density at radius 3 is 3.00 bits per heavy atom. The van der Waals surface area contributed by atoms with Crippen molar-refractivity contribution in [3.63, 3.8) is 0 Å². The summed E-state index contributed by atoms with van der Waals surface area (Å²) in [4.78, 5) is 12.7. The number of aromatic nitrogens is 6. The van der Waals surface area contributed by atoms with Crippen molar-refractivity contribution in [1.82, 2.24) is 29.9 Å². The van der Waals surface area contributed by atoms with Gasteiger partial charge in [0.1, 0.15) is 17.0 Å². The van der Waals surface area contributed by atoms with E-state index in [-0.39, 0.29) is 0 Å². The molecule has 6 nitrogen and oxygen atoms in total. The highest BCUT2D eigenvalue weighted by Crippen LogP contribution is 2.31. The van der Waals surface area contributed by atoms with Crippen LogP contribution in [0.5, 0.6) is 0 Å². The van der Waals surface area contributed by atoms with Gasteiger partial charge in [-0.3, -0.25) is 0 Å². The third-order valence-corrected chi connectivity index (χ3v) is 5.30. The van der Waals surface area contributed by atoms with Crippen molar-refractivity contribution in [1.29, 1.82) is 0 Å². The van der Waals surface area contributed by atoms with Gasteiger partial charge in [0.25, 0.3) is 0 Å². The molecule has 1 saturated carbocycles. The average Bonchev–Trinajstić information content (AvgIpc) is 3.20. The van der Waals surface area contributed by atoms with Gasteiger partial charge < -0.3 is 4.98 Å². The molecule has 3 heterocycles. The maximum absolute atomic E-state index is 4.73. The van der Waals surface area contributed by atoms with Crippen LogP contribution in [-0.2, 0) is 13.0 Å². The van der Waals surface area contributed by atoms with Gasteiger partial charge in [-0.15, -0.1) is 5.10 Å². The second kappa shape index (κ2) is 5.65. The second-order valence-corrected chi connectivity index (χ2v) is 6.86. The molecule has 0 unspecified atom stereocenters. The van der Waals surface area contributed by atoms with Gasteiger partial charge in [-0.2, -0.15) is 0 Å². The molecule has 0 amide bonds. The fraction of sp³-hybridized carbons (Fsp3) is 0.368. The number of H-pyrrole nitrogens is 1. The first kappa shape index (κ1) is 14.6. The minimum Gasteiger partial charge on any atom is -0.345 e. The predicted octanol–water partition coefficient (Wildman–Crippen LogP) is 3.73. The molecule has 1 N–H and O–H groups in total. The summed E-state index contributed by atoms with van der Waals surface area (Å²) in [5.41, 5.74) is 5.14. The van der Waals surface area contributed by atoms with E-state index in [0.717, 1.165) is 57.9 Å². The summed E-state index contributed by atoms with van der Waals surface area (Å²) < 4.78 is 1.92. The molecular weight excluding hydrogens is 312 g/mol. The minimum atomic E-state index is 0.774. The monoisotopic (exact) mass is 332 g/mol. The Bertz CT molecular complexity index is 1060. The van der Waals surface area contributed by atoms with E-state index in [1.54, 1.807) is 0 Å². The van der Waals surface area contributed by atoms with Crippen LogP contribution in [-0.4, -0.2) is 29.9 Å². The third kappa shape index (κ3) is 2.40. The normalized spacial score (nSPS) is 15.1. The fourth-order valence-corrected chi connectivity index (χ4v) is 3.60. The van der Waals surface area contributed by atoms with Crippen molar-refractivity contribution >= 4 is 22.1 Å².